The number of benzene rings is 3. The normalized spacial score (nSPS) is 11.5. The van der Waals surface area contributed by atoms with Crippen LogP contribution in [-0.4, -0.2) is 75.5 Å². The molecule has 0 radical (unpaired) electrons. The summed E-state index contributed by atoms with van der Waals surface area (Å²) in [5.41, 5.74) is 1.69. The Morgan fingerprint density at radius 1 is 0.904 bits per heavy atom. The van der Waals surface area contributed by atoms with Crippen molar-refractivity contribution in [3.8, 4) is 45.9 Å². The highest BCUT2D eigenvalue weighted by atomic mass is 32.2. The lowest BCUT2D eigenvalue weighted by molar-refractivity contribution is 0.198. The van der Waals surface area contributed by atoms with Gasteiger partial charge in [0.25, 0.3) is 5.88 Å². The number of pyridine rings is 1. The molecule has 6 aromatic rings. The predicted octanol–water partition coefficient (Wildman–Crippen LogP) is 6.21. The summed E-state index contributed by atoms with van der Waals surface area (Å²) in [4.78, 5) is 26.5. The van der Waals surface area contributed by atoms with Crippen molar-refractivity contribution in [2.45, 2.75) is 36.1 Å². The third-order valence-corrected chi connectivity index (χ3v) is 9.50. The summed E-state index contributed by atoms with van der Waals surface area (Å²) in [5.74, 6) is 0.378. The van der Waals surface area contributed by atoms with Crippen molar-refractivity contribution >= 4 is 21.7 Å². The molecule has 0 aliphatic rings. The second-order valence-electron chi connectivity index (χ2n) is 12.3. The first-order valence-corrected chi connectivity index (χ1v) is 17.4. The molecular weight excluding hydrogens is 689 g/mol. The summed E-state index contributed by atoms with van der Waals surface area (Å²) >= 11 is 0. The molecule has 1 amide bonds. The molecular formula is C36H34N8O7S. The van der Waals surface area contributed by atoms with Crippen LogP contribution >= 0.6 is 0 Å². The van der Waals surface area contributed by atoms with E-state index in [4.69, 9.17) is 14.2 Å². The second kappa shape index (κ2) is 14.8. The monoisotopic (exact) mass is 722 g/mol. The first-order valence-electron chi connectivity index (χ1n) is 15.9. The third kappa shape index (κ3) is 7.66. The van der Waals surface area contributed by atoms with Gasteiger partial charge < -0.3 is 19.3 Å². The minimum Gasteiger partial charge on any atom is -0.493 e. The molecule has 3 aromatic heterocycles. The molecule has 0 unspecified atom stereocenters. The number of anilines is 1. The smallest absolute Gasteiger partial charge is 0.413 e. The summed E-state index contributed by atoms with van der Waals surface area (Å²) in [6.07, 6.45) is 0.202. The minimum absolute atomic E-state index is 0.0265. The Morgan fingerprint density at radius 3 is 2.29 bits per heavy atom. The Labute approximate surface area is 299 Å². The van der Waals surface area contributed by atoms with Crippen LogP contribution in [-0.2, 0) is 15.3 Å². The number of amides is 1. The van der Waals surface area contributed by atoms with E-state index >= 15 is 0 Å². The van der Waals surface area contributed by atoms with Crippen molar-refractivity contribution in [2.75, 3.05) is 25.2 Å². The van der Waals surface area contributed by atoms with E-state index in [1.807, 2.05) is 20.8 Å². The van der Waals surface area contributed by atoms with Gasteiger partial charge in [-0.1, -0.05) is 69.3 Å². The average Bonchev–Trinajstić information content (AvgIpc) is 3.69. The summed E-state index contributed by atoms with van der Waals surface area (Å²) in [6.45, 7) is 5.62. The molecule has 0 aliphatic heterocycles. The van der Waals surface area contributed by atoms with Crippen LogP contribution in [0.2, 0.25) is 0 Å². The maximum Gasteiger partial charge on any atom is 0.413 e. The summed E-state index contributed by atoms with van der Waals surface area (Å²) < 4.78 is 47.2. The lowest BCUT2D eigenvalue weighted by atomic mass is 9.87. The first-order chi connectivity index (χ1) is 25.0. The Bertz CT molecular complexity index is 2280. The third-order valence-electron chi connectivity index (χ3n) is 7.82. The van der Waals surface area contributed by atoms with Gasteiger partial charge >= 0.3 is 6.09 Å². The Hall–Kier alpha value is -6.42. The second-order valence-corrected chi connectivity index (χ2v) is 14.2. The summed E-state index contributed by atoms with van der Waals surface area (Å²) in [6, 6.07) is 24.9. The molecule has 52 heavy (non-hydrogen) atoms. The maximum atomic E-state index is 14.6. The van der Waals surface area contributed by atoms with E-state index in [0.717, 1.165) is 10.5 Å². The number of nitrogens with one attached hydrogen (secondary N) is 1. The number of nitrogens with zero attached hydrogens (tertiary/aromatic N) is 7. The molecule has 6 rings (SSSR count). The molecule has 0 saturated carbocycles. The predicted molar refractivity (Wildman–Crippen MR) is 189 cm³/mol. The minimum atomic E-state index is -4.43. The fourth-order valence-electron chi connectivity index (χ4n) is 5.11. The molecule has 0 aliphatic carbocycles. The molecule has 3 aromatic carbocycles. The van der Waals surface area contributed by atoms with E-state index in [9.17, 15) is 18.3 Å². The van der Waals surface area contributed by atoms with Gasteiger partial charge in [-0.3, -0.25) is 4.90 Å². The van der Waals surface area contributed by atoms with Gasteiger partial charge in [0.05, 0.1) is 18.6 Å². The van der Waals surface area contributed by atoms with Gasteiger partial charge in [-0.15, -0.1) is 5.10 Å². The van der Waals surface area contributed by atoms with Gasteiger partial charge in [0, 0.05) is 17.3 Å². The standard InChI is InChI=1S/C36H34N8O7S/c1-36(2,3)25-15-17-26(18-16-25)52(47,48)34-30(51-28-13-6-5-12-27(28)49-4)33(50-21-20-44(35(45)46)29-14-7-8-19-37-29)38-31(39-34)23-10-9-11-24(22-23)32-40-42-43-41-32/h5-19,22H,20-21H2,1-4H3,(H,45,46)(H,40,41,42,43). The van der Waals surface area contributed by atoms with Crippen molar-refractivity contribution in [3.63, 3.8) is 0 Å². The molecule has 3 heterocycles. The number of H-pyrrole nitrogens is 1. The number of para-hydroxylation sites is 2. The molecule has 0 saturated heterocycles. The van der Waals surface area contributed by atoms with Crippen molar-refractivity contribution in [2.24, 2.45) is 0 Å². The fourth-order valence-corrected chi connectivity index (χ4v) is 6.41. The number of hydrogen-bond donors (Lipinski definition) is 2. The van der Waals surface area contributed by atoms with Crippen LogP contribution in [0.3, 0.4) is 0 Å². The van der Waals surface area contributed by atoms with E-state index in [1.165, 1.54) is 25.4 Å². The van der Waals surface area contributed by atoms with Gasteiger partial charge in [0.2, 0.25) is 20.6 Å². The Balaban J connectivity index is 1.52. The van der Waals surface area contributed by atoms with Gasteiger partial charge in [-0.05, 0) is 63.9 Å². The maximum absolute atomic E-state index is 14.6. The van der Waals surface area contributed by atoms with E-state index in [2.05, 4.69) is 35.6 Å². The Morgan fingerprint density at radius 2 is 1.63 bits per heavy atom. The highest BCUT2D eigenvalue weighted by Gasteiger charge is 2.32. The zero-order chi connectivity index (χ0) is 36.9. The zero-order valence-corrected chi connectivity index (χ0v) is 29.4. The van der Waals surface area contributed by atoms with Crippen LogP contribution in [0.5, 0.6) is 23.1 Å². The van der Waals surface area contributed by atoms with Crippen molar-refractivity contribution in [3.05, 3.63) is 103 Å². The quantitative estimate of drug-likeness (QED) is 0.135. The number of carboxylic acid groups (broad SMARTS) is 1. The topological polar surface area (TPSA) is 196 Å². The first kappa shape index (κ1) is 35.4. The number of rotatable bonds is 12. The lowest BCUT2D eigenvalue weighted by Crippen LogP contribution is -2.34. The molecule has 2 N–H and O–H groups in total. The van der Waals surface area contributed by atoms with E-state index in [1.54, 1.807) is 78.9 Å². The number of aromatic amines is 1. The number of carbonyl (C=O) groups is 1. The van der Waals surface area contributed by atoms with Crippen LogP contribution in [0.15, 0.2) is 107 Å². The summed E-state index contributed by atoms with van der Waals surface area (Å²) in [7, 11) is -2.98. The number of hydrogen-bond acceptors (Lipinski definition) is 12. The highest BCUT2D eigenvalue weighted by molar-refractivity contribution is 7.91. The molecule has 266 valence electrons. The number of methoxy groups -OCH3 is 1. The number of aromatic nitrogens is 7. The van der Waals surface area contributed by atoms with Gasteiger partial charge in [0.15, 0.2) is 23.1 Å². The number of ether oxygens (including phenoxy) is 3. The van der Waals surface area contributed by atoms with Crippen LogP contribution in [0, 0.1) is 0 Å². The van der Waals surface area contributed by atoms with Crippen LogP contribution in [0.4, 0.5) is 10.6 Å². The van der Waals surface area contributed by atoms with Crippen molar-refractivity contribution < 1.29 is 32.5 Å². The lowest BCUT2D eigenvalue weighted by Gasteiger charge is -2.21. The fraction of sp³-hybridized carbons (Fsp3) is 0.194. The largest absolute Gasteiger partial charge is 0.493 e. The van der Waals surface area contributed by atoms with Crippen LogP contribution in [0.25, 0.3) is 22.8 Å². The Kier molecular flexibility index (Phi) is 10.1. The van der Waals surface area contributed by atoms with E-state index in [-0.39, 0.29) is 52.5 Å². The van der Waals surface area contributed by atoms with Crippen LogP contribution in [0.1, 0.15) is 26.3 Å². The van der Waals surface area contributed by atoms with Crippen molar-refractivity contribution in [1.29, 1.82) is 0 Å². The molecule has 16 heteroatoms. The SMILES string of the molecule is COc1ccccc1Oc1c(OCCN(C(=O)O)c2ccccn2)nc(-c2cccc(-c3nnn[nH]3)c2)nc1S(=O)(=O)c1ccc(C(C)(C)C)cc1. The van der Waals surface area contributed by atoms with Crippen LogP contribution < -0.4 is 19.1 Å². The molecule has 0 bridgehead atoms. The van der Waals surface area contributed by atoms with E-state index < -0.39 is 21.0 Å². The van der Waals surface area contributed by atoms with Gasteiger partial charge in [-0.25, -0.2) is 28.3 Å². The molecule has 15 nitrogen and oxygen atoms in total. The number of sulfone groups is 1. The van der Waals surface area contributed by atoms with E-state index in [0.29, 0.717) is 22.7 Å². The average molecular weight is 723 g/mol. The molecule has 0 spiro atoms. The molecule has 0 atom stereocenters. The zero-order valence-electron chi connectivity index (χ0n) is 28.6. The highest BCUT2D eigenvalue weighted by Crippen LogP contribution is 2.42. The molecule has 0 fully saturated rings. The van der Waals surface area contributed by atoms with Gasteiger partial charge in [0.1, 0.15) is 12.4 Å². The number of tetrazole rings is 1. The van der Waals surface area contributed by atoms with Crippen molar-refractivity contribution in [1.82, 2.24) is 35.6 Å². The van der Waals surface area contributed by atoms with Gasteiger partial charge in [-0.2, -0.15) is 4.98 Å². The summed E-state index contributed by atoms with van der Waals surface area (Å²) in [5, 5.41) is 23.4.